The molecule has 0 fully saturated rings. The Morgan fingerprint density at radius 3 is 1.71 bits per heavy atom. The summed E-state index contributed by atoms with van der Waals surface area (Å²) < 4.78 is 18.6. The van der Waals surface area contributed by atoms with Crippen LogP contribution in [-0.2, 0) is 18.4 Å². The van der Waals surface area contributed by atoms with Crippen LogP contribution in [0.3, 0.4) is 0 Å². The molecule has 0 N–H and O–H groups in total. The predicted molar refractivity (Wildman–Crippen MR) is 159 cm³/mol. The van der Waals surface area contributed by atoms with Gasteiger partial charge in [-0.15, -0.1) is 0 Å². The van der Waals surface area contributed by atoms with Crippen molar-refractivity contribution in [1.29, 1.82) is 0 Å². The van der Waals surface area contributed by atoms with E-state index in [1.807, 2.05) is 0 Å². The summed E-state index contributed by atoms with van der Waals surface area (Å²) in [5, 5.41) is 0.287. The first kappa shape index (κ1) is 32.5. The third kappa shape index (κ3) is 9.72. The highest BCUT2D eigenvalue weighted by Crippen LogP contribution is 2.40. The summed E-state index contributed by atoms with van der Waals surface area (Å²) in [6.45, 7) is 31.1. The van der Waals surface area contributed by atoms with Gasteiger partial charge in [-0.05, 0) is 67.1 Å². The van der Waals surface area contributed by atoms with E-state index in [9.17, 15) is 4.79 Å². The molecule has 0 bridgehead atoms. The quantitative estimate of drug-likeness (QED) is 0.158. The standard InChI is InChI=1S/C28H56O4Si3/c1-27(2,3)34(11,12)31-19-22(20-32-35(13,14)28(4,5)6)18-23-16-15-17-24(21-33(8,9)10)25(23)26(29)30-7/h18,23H,15-17,19-21H2,1-14H3. The van der Waals surface area contributed by atoms with E-state index in [0.717, 1.165) is 30.9 Å². The molecule has 0 saturated carbocycles. The van der Waals surface area contributed by atoms with Crippen molar-refractivity contribution in [2.45, 2.75) is 123 Å². The predicted octanol–water partition coefficient (Wildman–Crippen LogP) is 8.56. The third-order valence-corrected chi connectivity index (χ3v) is 18.6. The van der Waals surface area contributed by atoms with E-state index in [0.29, 0.717) is 13.2 Å². The molecule has 35 heavy (non-hydrogen) atoms. The first-order chi connectivity index (χ1) is 15.6. The number of ether oxygens (including phenoxy) is 1. The monoisotopic (exact) mass is 540 g/mol. The third-order valence-electron chi connectivity index (χ3n) is 8.18. The van der Waals surface area contributed by atoms with Crippen molar-refractivity contribution in [1.82, 2.24) is 0 Å². The largest absolute Gasteiger partial charge is 0.466 e. The Kier molecular flexibility index (Phi) is 11.1. The summed E-state index contributed by atoms with van der Waals surface area (Å²) in [5.41, 5.74) is 3.39. The lowest BCUT2D eigenvalue weighted by molar-refractivity contribution is -0.136. The molecular formula is C28H56O4Si3. The summed E-state index contributed by atoms with van der Waals surface area (Å²) in [4.78, 5) is 13.0. The van der Waals surface area contributed by atoms with Gasteiger partial charge in [0.1, 0.15) is 0 Å². The van der Waals surface area contributed by atoms with E-state index in [4.69, 9.17) is 13.6 Å². The minimum Gasteiger partial charge on any atom is -0.466 e. The zero-order valence-corrected chi connectivity index (χ0v) is 28.5. The molecule has 204 valence electrons. The lowest BCUT2D eigenvalue weighted by Gasteiger charge is -2.38. The van der Waals surface area contributed by atoms with Gasteiger partial charge in [-0.25, -0.2) is 4.79 Å². The number of allylic oxidation sites excluding steroid dienone is 2. The van der Waals surface area contributed by atoms with Crippen molar-refractivity contribution in [3.8, 4) is 0 Å². The molecule has 0 amide bonds. The minimum atomic E-state index is -1.92. The van der Waals surface area contributed by atoms with Gasteiger partial charge in [0.15, 0.2) is 16.6 Å². The van der Waals surface area contributed by atoms with Crippen LogP contribution < -0.4 is 0 Å². The Labute approximate surface area is 220 Å². The summed E-state index contributed by atoms with van der Waals surface area (Å²) in [5.74, 6) is -0.0854. The normalized spacial score (nSPS) is 18.5. The molecule has 0 aromatic rings. The first-order valence-electron chi connectivity index (χ1n) is 13.4. The Hall–Kier alpha value is -0.479. The number of carbonyl (C=O) groups excluding carboxylic acids is 1. The maximum Gasteiger partial charge on any atom is 0.334 e. The molecule has 0 saturated heterocycles. The van der Waals surface area contributed by atoms with Crippen molar-refractivity contribution >= 4 is 30.7 Å². The molecule has 0 aromatic heterocycles. The van der Waals surface area contributed by atoms with Crippen LogP contribution in [0.25, 0.3) is 0 Å². The number of hydrogen-bond donors (Lipinski definition) is 0. The fourth-order valence-corrected chi connectivity index (χ4v) is 7.48. The second-order valence-electron chi connectivity index (χ2n) is 14.7. The van der Waals surface area contributed by atoms with Crippen molar-refractivity contribution in [3.63, 3.8) is 0 Å². The van der Waals surface area contributed by atoms with Gasteiger partial charge in [0, 0.05) is 19.6 Å². The summed E-state index contributed by atoms with van der Waals surface area (Å²) in [6.07, 6.45) is 5.40. The van der Waals surface area contributed by atoms with E-state index in [-0.39, 0.29) is 22.0 Å². The van der Waals surface area contributed by atoms with Gasteiger partial charge >= 0.3 is 5.97 Å². The van der Waals surface area contributed by atoms with Crippen LogP contribution in [0.5, 0.6) is 0 Å². The van der Waals surface area contributed by atoms with Crippen LogP contribution in [-0.4, -0.2) is 51.0 Å². The number of methoxy groups -OCH3 is 1. The fraction of sp³-hybridized carbons (Fsp3) is 0.821. The molecule has 4 nitrogen and oxygen atoms in total. The lowest BCUT2D eigenvalue weighted by atomic mass is 9.82. The van der Waals surface area contributed by atoms with Gasteiger partial charge in [0.05, 0.1) is 20.3 Å². The van der Waals surface area contributed by atoms with E-state index < -0.39 is 24.7 Å². The maximum absolute atomic E-state index is 13.0. The maximum atomic E-state index is 13.0. The minimum absolute atomic E-state index is 0.0728. The van der Waals surface area contributed by atoms with Gasteiger partial charge in [0.2, 0.25) is 0 Å². The molecule has 1 rings (SSSR count). The van der Waals surface area contributed by atoms with Crippen LogP contribution >= 0.6 is 0 Å². The van der Waals surface area contributed by atoms with Gasteiger partial charge in [0.25, 0.3) is 0 Å². The molecule has 1 aliphatic carbocycles. The van der Waals surface area contributed by atoms with Crippen molar-refractivity contribution in [2.75, 3.05) is 20.3 Å². The molecule has 1 atom stereocenters. The smallest absolute Gasteiger partial charge is 0.334 e. The van der Waals surface area contributed by atoms with Gasteiger partial charge in [-0.3, -0.25) is 0 Å². The highest BCUT2D eigenvalue weighted by atomic mass is 28.4. The lowest BCUT2D eigenvalue weighted by Crippen LogP contribution is -2.43. The number of esters is 1. The zero-order chi connectivity index (χ0) is 27.5. The average molecular weight is 541 g/mol. The van der Waals surface area contributed by atoms with Gasteiger partial charge < -0.3 is 13.6 Å². The van der Waals surface area contributed by atoms with Crippen LogP contribution in [0.2, 0.25) is 61.9 Å². The number of hydrogen-bond acceptors (Lipinski definition) is 4. The highest BCUT2D eigenvalue weighted by Gasteiger charge is 2.39. The molecule has 1 unspecified atom stereocenters. The second-order valence-corrected chi connectivity index (χ2v) is 29.8. The molecule has 1 aliphatic rings. The van der Waals surface area contributed by atoms with E-state index in [2.05, 4.69) is 93.4 Å². The number of rotatable bonds is 10. The fourth-order valence-electron chi connectivity index (χ4n) is 3.87. The zero-order valence-electron chi connectivity index (χ0n) is 25.5. The van der Waals surface area contributed by atoms with Gasteiger partial charge in [-0.1, -0.05) is 72.8 Å². The van der Waals surface area contributed by atoms with E-state index in [1.54, 1.807) is 0 Å². The molecule has 0 aromatic carbocycles. The van der Waals surface area contributed by atoms with Crippen LogP contribution in [0, 0.1) is 5.92 Å². The Morgan fingerprint density at radius 2 is 1.34 bits per heavy atom. The van der Waals surface area contributed by atoms with Crippen LogP contribution in [0.15, 0.2) is 22.8 Å². The van der Waals surface area contributed by atoms with Crippen molar-refractivity contribution < 1.29 is 18.4 Å². The van der Waals surface area contributed by atoms with Gasteiger partial charge in [-0.2, -0.15) is 0 Å². The van der Waals surface area contributed by atoms with E-state index >= 15 is 0 Å². The molecule has 7 heteroatoms. The first-order valence-corrected chi connectivity index (χ1v) is 22.9. The summed E-state index contributed by atoms with van der Waals surface area (Å²) in [7, 11) is -3.69. The van der Waals surface area contributed by atoms with Crippen LogP contribution in [0.4, 0.5) is 0 Å². The van der Waals surface area contributed by atoms with Crippen molar-refractivity contribution in [2.24, 2.45) is 5.92 Å². The van der Waals surface area contributed by atoms with Crippen LogP contribution in [0.1, 0.15) is 60.8 Å². The molecule has 0 spiro atoms. The highest BCUT2D eigenvalue weighted by molar-refractivity contribution is 6.76. The molecule has 0 aliphatic heterocycles. The SMILES string of the molecule is COC(=O)C1=C(C[Si](C)(C)C)CCCC1C=C(CO[Si](C)(C)C(C)(C)C)CO[Si](C)(C)C(C)(C)C. The number of carbonyl (C=O) groups is 1. The summed E-state index contributed by atoms with van der Waals surface area (Å²) in [6, 6.07) is 1.05. The molecular weight excluding hydrogens is 485 g/mol. The molecule has 0 heterocycles. The topological polar surface area (TPSA) is 44.8 Å². The average Bonchev–Trinajstić information content (AvgIpc) is 2.66. The van der Waals surface area contributed by atoms with Crippen molar-refractivity contribution in [3.05, 3.63) is 22.8 Å². The van der Waals surface area contributed by atoms with E-state index in [1.165, 1.54) is 18.3 Å². The Morgan fingerprint density at radius 1 is 0.886 bits per heavy atom. The second kappa shape index (κ2) is 11.9. The molecule has 0 radical (unpaired) electrons. The Bertz CT molecular complexity index is 758. The summed E-state index contributed by atoms with van der Waals surface area (Å²) >= 11 is 0. The Balaban J connectivity index is 3.41.